The van der Waals surface area contributed by atoms with Gasteiger partial charge in [-0.05, 0) is 43.5 Å². The highest BCUT2D eigenvalue weighted by molar-refractivity contribution is 5.87. The number of benzene rings is 1. The minimum absolute atomic E-state index is 0. The van der Waals surface area contributed by atoms with Gasteiger partial charge in [0.2, 0.25) is 0 Å². The van der Waals surface area contributed by atoms with Gasteiger partial charge >= 0.3 is 0 Å². The van der Waals surface area contributed by atoms with E-state index in [9.17, 15) is 0 Å². The third-order valence-corrected chi connectivity index (χ3v) is 6.00. The summed E-state index contributed by atoms with van der Waals surface area (Å²) in [5.74, 6) is 1.46. The molecule has 2 N–H and O–H groups in total. The van der Waals surface area contributed by atoms with Crippen molar-refractivity contribution in [1.29, 1.82) is 0 Å². The summed E-state index contributed by atoms with van der Waals surface area (Å²) >= 11 is 0. The molecule has 0 amide bonds. The molecule has 0 fully saturated rings. The lowest BCUT2D eigenvalue weighted by molar-refractivity contribution is 0.473. The first-order valence-corrected chi connectivity index (χ1v) is 11.5. The Morgan fingerprint density at radius 2 is 2.03 bits per heavy atom. The fourth-order valence-corrected chi connectivity index (χ4v) is 4.14. The molecule has 0 spiro atoms. The van der Waals surface area contributed by atoms with Gasteiger partial charge in [0.1, 0.15) is 41.0 Å². The van der Waals surface area contributed by atoms with Crippen LogP contribution in [-0.2, 0) is 0 Å². The van der Waals surface area contributed by atoms with Crippen LogP contribution in [0.1, 0.15) is 24.7 Å². The molecule has 5 aromatic rings. The van der Waals surface area contributed by atoms with Crippen molar-refractivity contribution in [3.63, 3.8) is 0 Å². The van der Waals surface area contributed by atoms with Gasteiger partial charge in [-0.2, -0.15) is 5.10 Å². The van der Waals surface area contributed by atoms with Crippen LogP contribution in [-0.4, -0.2) is 47.1 Å². The number of hydrogen-bond acceptors (Lipinski definition) is 9. The van der Waals surface area contributed by atoms with Gasteiger partial charge in [0.05, 0.1) is 11.9 Å². The molecule has 1 atom stereocenters. The van der Waals surface area contributed by atoms with Crippen LogP contribution in [0.5, 0.6) is 11.5 Å². The molecule has 1 aromatic carbocycles. The van der Waals surface area contributed by atoms with Gasteiger partial charge in [-0.3, -0.25) is 0 Å². The van der Waals surface area contributed by atoms with Crippen LogP contribution in [0.4, 0.5) is 15.9 Å². The van der Waals surface area contributed by atoms with Crippen LogP contribution in [0, 0.1) is 12.7 Å². The summed E-state index contributed by atoms with van der Waals surface area (Å²) in [6.45, 7) is 4.73. The van der Waals surface area contributed by atoms with Crippen molar-refractivity contribution in [1.82, 2.24) is 39.9 Å². The van der Waals surface area contributed by atoms with Crippen LogP contribution in [0.25, 0.3) is 22.3 Å². The van der Waals surface area contributed by atoms with Gasteiger partial charge in [0, 0.05) is 30.9 Å². The number of aromatic nitrogens is 7. The molecule has 188 valence electrons. The first kappa shape index (κ1) is 24.5. The predicted molar refractivity (Wildman–Crippen MR) is 140 cm³/mol. The van der Waals surface area contributed by atoms with Gasteiger partial charge in [0.15, 0.2) is 17.3 Å². The fraction of sp³-hybridized carbons (Fsp3) is 0.200. The number of pyridine rings is 1. The average Bonchev–Trinajstić information content (AvgIpc) is 3.35. The Bertz CT molecular complexity index is 1640. The Labute approximate surface area is 217 Å². The molecule has 4 aromatic heterocycles. The van der Waals surface area contributed by atoms with Crippen molar-refractivity contribution in [2.75, 3.05) is 11.9 Å². The SMILES string of the molecule is Cc1cc(Nc2ncnc3cnc(C4=CCN[C@@H](C)C4)nc23)c(F)cc1Oc1ccn2ncnc2c1.Cl. The van der Waals surface area contributed by atoms with E-state index in [1.165, 1.54) is 18.7 Å². The number of halogens is 2. The molecule has 5 heterocycles. The molecule has 37 heavy (non-hydrogen) atoms. The molecule has 0 unspecified atom stereocenters. The van der Waals surface area contributed by atoms with Gasteiger partial charge in [-0.1, -0.05) is 6.08 Å². The number of rotatable bonds is 5. The zero-order valence-corrected chi connectivity index (χ0v) is 20.8. The van der Waals surface area contributed by atoms with Crippen molar-refractivity contribution in [2.24, 2.45) is 0 Å². The van der Waals surface area contributed by atoms with E-state index in [0.29, 0.717) is 45.9 Å². The lowest BCUT2D eigenvalue weighted by Gasteiger charge is -2.20. The maximum Gasteiger partial charge on any atom is 0.160 e. The molecular weight excluding hydrogens is 497 g/mol. The summed E-state index contributed by atoms with van der Waals surface area (Å²) in [5.41, 5.74) is 3.78. The smallest absolute Gasteiger partial charge is 0.160 e. The van der Waals surface area contributed by atoms with E-state index < -0.39 is 5.82 Å². The number of hydrogen-bond donors (Lipinski definition) is 2. The van der Waals surface area contributed by atoms with Crippen LogP contribution < -0.4 is 15.4 Å². The highest BCUT2D eigenvalue weighted by Gasteiger charge is 2.17. The average molecular weight is 520 g/mol. The number of nitrogens with zero attached hydrogens (tertiary/aromatic N) is 7. The monoisotopic (exact) mass is 519 g/mol. The molecule has 0 saturated carbocycles. The predicted octanol–water partition coefficient (Wildman–Crippen LogP) is 4.63. The van der Waals surface area contributed by atoms with Crippen molar-refractivity contribution < 1.29 is 9.13 Å². The van der Waals surface area contributed by atoms with E-state index >= 15 is 4.39 Å². The molecule has 0 aliphatic carbocycles. The lowest BCUT2D eigenvalue weighted by Crippen LogP contribution is -2.30. The molecule has 0 radical (unpaired) electrons. The first-order chi connectivity index (χ1) is 17.5. The van der Waals surface area contributed by atoms with Crippen LogP contribution >= 0.6 is 12.4 Å². The third-order valence-electron chi connectivity index (χ3n) is 6.00. The van der Waals surface area contributed by atoms with Crippen molar-refractivity contribution in [3.8, 4) is 11.5 Å². The zero-order chi connectivity index (χ0) is 24.6. The van der Waals surface area contributed by atoms with E-state index in [1.54, 1.807) is 35.1 Å². The largest absolute Gasteiger partial charge is 0.457 e. The van der Waals surface area contributed by atoms with Crippen LogP contribution in [0.15, 0.2) is 55.4 Å². The van der Waals surface area contributed by atoms with E-state index in [4.69, 9.17) is 9.72 Å². The van der Waals surface area contributed by atoms with Gasteiger partial charge < -0.3 is 15.4 Å². The molecule has 0 saturated heterocycles. The summed E-state index contributed by atoms with van der Waals surface area (Å²) in [7, 11) is 0. The number of nitrogens with one attached hydrogen (secondary N) is 2. The Hall–Kier alpha value is -4.22. The highest BCUT2D eigenvalue weighted by atomic mass is 35.5. The van der Waals surface area contributed by atoms with Crippen molar-refractivity contribution in [2.45, 2.75) is 26.3 Å². The number of anilines is 2. The fourth-order valence-electron chi connectivity index (χ4n) is 4.14. The molecule has 1 aliphatic heterocycles. The molecule has 1 aliphatic rings. The second-order valence-corrected chi connectivity index (χ2v) is 8.64. The quantitative estimate of drug-likeness (QED) is 0.343. The van der Waals surface area contributed by atoms with E-state index in [0.717, 1.165) is 24.1 Å². The summed E-state index contributed by atoms with van der Waals surface area (Å²) < 4.78 is 22.7. The molecule has 10 nitrogen and oxygen atoms in total. The second-order valence-electron chi connectivity index (χ2n) is 8.64. The summed E-state index contributed by atoms with van der Waals surface area (Å²) in [5, 5.41) is 10.5. The summed E-state index contributed by atoms with van der Waals surface area (Å²) in [4.78, 5) is 22.0. The van der Waals surface area contributed by atoms with Crippen LogP contribution in [0.3, 0.4) is 0 Å². The third kappa shape index (κ3) is 4.91. The topological polar surface area (TPSA) is 115 Å². The Balaban J connectivity index is 0.00000280. The summed E-state index contributed by atoms with van der Waals surface area (Å²) in [6, 6.07) is 6.84. The minimum Gasteiger partial charge on any atom is -0.457 e. The van der Waals surface area contributed by atoms with Crippen molar-refractivity contribution in [3.05, 3.63) is 72.6 Å². The van der Waals surface area contributed by atoms with Gasteiger partial charge in [-0.15, -0.1) is 12.4 Å². The van der Waals surface area contributed by atoms with Gasteiger partial charge in [0.25, 0.3) is 0 Å². The molecule has 6 rings (SSSR count). The highest BCUT2D eigenvalue weighted by Crippen LogP contribution is 2.32. The van der Waals surface area contributed by atoms with E-state index in [2.05, 4.69) is 48.7 Å². The first-order valence-electron chi connectivity index (χ1n) is 11.5. The van der Waals surface area contributed by atoms with Crippen molar-refractivity contribution >= 4 is 46.2 Å². The molecule has 0 bridgehead atoms. The zero-order valence-electron chi connectivity index (χ0n) is 20.0. The Morgan fingerprint density at radius 3 is 2.89 bits per heavy atom. The van der Waals surface area contributed by atoms with Gasteiger partial charge in [-0.25, -0.2) is 33.8 Å². The Morgan fingerprint density at radius 1 is 1.14 bits per heavy atom. The number of aryl methyl sites for hydroxylation is 1. The second kappa shape index (κ2) is 10.0. The number of fused-ring (bicyclic) bond motifs is 2. The number of ether oxygens (including phenoxy) is 1. The Kier molecular flexibility index (Phi) is 6.64. The van der Waals surface area contributed by atoms with Crippen LogP contribution in [0.2, 0.25) is 0 Å². The summed E-state index contributed by atoms with van der Waals surface area (Å²) in [6.07, 6.45) is 9.17. The standard InChI is InChI=1S/C25H22FN9O.ClH/c1-14-7-19(18(26)10-21(14)36-17-4-6-35-22(9-17)30-13-32-35)33-25-23-20(29-12-31-25)11-28-24(34-23)16-3-5-27-15(2)8-16;/h3-4,6-7,9-13,15,27H,5,8H2,1-2H3,(H,29,31,33);1H/t15-;/m0./s1. The minimum atomic E-state index is -0.491. The normalized spacial score (nSPS) is 15.3. The lowest BCUT2D eigenvalue weighted by atomic mass is 10.0. The maximum absolute atomic E-state index is 15.2. The van der Waals surface area contributed by atoms with E-state index in [1.807, 2.05) is 6.92 Å². The molecular formula is C25H23ClFN9O. The maximum atomic E-state index is 15.2. The van der Waals surface area contributed by atoms with E-state index in [-0.39, 0.29) is 18.1 Å². The molecule has 12 heteroatoms.